The average Bonchev–Trinajstić information content (AvgIpc) is 2.91. The Morgan fingerprint density at radius 1 is 1.11 bits per heavy atom. The summed E-state index contributed by atoms with van der Waals surface area (Å²) in [6.45, 7) is 6.45. The molecule has 5 rings (SSSR count). The number of rotatable bonds is 5. The van der Waals surface area contributed by atoms with Crippen molar-refractivity contribution in [3.63, 3.8) is 0 Å². The van der Waals surface area contributed by atoms with Crippen molar-refractivity contribution < 1.29 is 19.0 Å². The Bertz CT molecular complexity index is 1540. The molecular weight excluding hydrogens is 513 g/mol. The van der Waals surface area contributed by atoms with Crippen LogP contribution in [0.25, 0.3) is 33.4 Å². The lowest BCUT2D eigenvalue weighted by Crippen LogP contribution is -2.36. The van der Waals surface area contributed by atoms with Gasteiger partial charge in [0.25, 0.3) is 5.91 Å². The number of ether oxygens (including phenoxy) is 3. The highest BCUT2D eigenvalue weighted by Gasteiger charge is 2.24. The first kappa shape index (κ1) is 24.9. The fourth-order valence-electron chi connectivity index (χ4n) is 4.40. The first-order valence-electron chi connectivity index (χ1n) is 11.4. The number of amides is 1. The summed E-state index contributed by atoms with van der Waals surface area (Å²) in [5.74, 6) is 1.92. The van der Waals surface area contributed by atoms with Crippen LogP contribution in [-0.4, -0.2) is 43.2 Å². The molecule has 1 aromatic heterocycles. The van der Waals surface area contributed by atoms with Gasteiger partial charge in [0.05, 0.1) is 42.0 Å². The highest BCUT2D eigenvalue weighted by atomic mass is 35.5. The summed E-state index contributed by atoms with van der Waals surface area (Å²) in [6, 6.07) is 11.2. The molecule has 188 valence electrons. The number of hydrogen-bond acceptors (Lipinski definition) is 6. The quantitative estimate of drug-likeness (QED) is 0.271. The number of aryl methyl sites for hydroxylation is 1. The number of anilines is 1. The number of methoxy groups -OCH3 is 2. The number of nitrogens with zero attached hydrogens (tertiary/aromatic N) is 3. The van der Waals surface area contributed by atoms with Gasteiger partial charge < -0.3 is 19.1 Å². The van der Waals surface area contributed by atoms with Gasteiger partial charge in [0.15, 0.2) is 5.82 Å². The molecule has 2 heterocycles. The minimum atomic E-state index is -0.183. The molecule has 37 heavy (non-hydrogen) atoms. The van der Waals surface area contributed by atoms with Crippen LogP contribution >= 0.6 is 23.2 Å². The van der Waals surface area contributed by atoms with Gasteiger partial charge in [-0.1, -0.05) is 35.8 Å². The van der Waals surface area contributed by atoms with E-state index in [0.29, 0.717) is 57.5 Å². The van der Waals surface area contributed by atoms with E-state index in [1.807, 2.05) is 37.3 Å². The maximum absolute atomic E-state index is 12.4. The third-order valence-corrected chi connectivity index (χ3v) is 7.04. The van der Waals surface area contributed by atoms with Crippen molar-refractivity contribution in [1.82, 2.24) is 9.97 Å². The molecule has 0 bridgehead atoms. The van der Waals surface area contributed by atoms with E-state index in [2.05, 4.69) is 11.6 Å². The first-order valence-corrected chi connectivity index (χ1v) is 12.2. The largest absolute Gasteiger partial charge is 0.495 e. The number of halogens is 2. The van der Waals surface area contributed by atoms with Crippen molar-refractivity contribution in [3.05, 3.63) is 70.9 Å². The summed E-state index contributed by atoms with van der Waals surface area (Å²) in [5, 5.41) is 1.57. The maximum Gasteiger partial charge on any atom is 0.250 e. The molecule has 3 aromatic carbocycles. The second-order valence-electron chi connectivity index (χ2n) is 8.43. The zero-order valence-corrected chi connectivity index (χ0v) is 22.0. The summed E-state index contributed by atoms with van der Waals surface area (Å²) in [6.07, 6.45) is 3.05. The number of fused-ring (bicyclic) bond motifs is 2. The highest BCUT2D eigenvalue weighted by molar-refractivity contribution is 6.41. The van der Waals surface area contributed by atoms with Crippen molar-refractivity contribution in [2.24, 2.45) is 0 Å². The smallest absolute Gasteiger partial charge is 0.250 e. The van der Waals surface area contributed by atoms with E-state index in [-0.39, 0.29) is 5.91 Å². The topological polar surface area (TPSA) is 73.8 Å². The number of carbonyl (C=O) groups excluding carboxylic acids is 1. The molecule has 4 aromatic rings. The van der Waals surface area contributed by atoms with E-state index >= 15 is 0 Å². The normalized spacial score (nSPS) is 12.6. The van der Waals surface area contributed by atoms with Gasteiger partial charge in [-0.2, -0.15) is 0 Å². The van der Waals surface area contributed by atoms with Crippen molar-refractivity contribution in [2.75, 3.05) is 32.3 Å². The van der Waals surface area contributed by atoms with Gasteiger partial charge in [0, 0.05) is 28.8 Å². The second kappa shape index (κ2) is 9.92. The molecule has 7 nitrogen and oxygen atoms in total. The van der Waals surface area contributed by atoms with Gasteiger partial charge in [-0.15, -0.1) is 0 Å². The lowest BCUT2D eigenvalue weighted by molar-refractivity contribution is -0.114. The van der Waals surface area contributed by atoms with Crippen LogP contribution in [0.4, 0.5) is 5.69 Å². The molecule has 0 radical (unpaired) electrons. The van der Waals surface area contributed by atoms with Crippen molar-refractivity contribution in [2.45, 2.75) is 6.92 Å². The molecule has 0 saturated carbocycles. The third kappa shape index (κ3) is 4.34. The molecule has 0 atom stereocenters. The SMILES string of the molecule is C=CC(=O)N1CCOc2cc(C)c(-c3ncc4cc(-c5c(Cl)c(OC)cc(OC)c5Cl)ccc4n3)cc21. The Morgan fingerprint density at radius 3 is 2.51 bits per heavy atom. The molecule has 1 aliphatic rings. The summed E-state index contributed by atoms with van der Waals surface area (Å²) in [5.41, 5.74) is 4.53. The van der Waals surface area contributed by atoms with E-state index in [0.717, 1.165) is 27.6 Å². The van der Waals surface area contributed by atoms with Crippen LogP contribution in [0.15, 0.2) is 55.3 Å². The third-order valence-electron chi connectivity index (χ3n) is 6.29. The number of hydrogen-bond donors (Lipinski definition) is 0. The van der Waals surface area contributed by atoms with Crippen LogP contribution in [0.5, 0.6) is 17.2 Å². The van der Waals surface area contributed by atoms with Gasteiger partial charge in [0.2, 0.25) is 0 Å². The summed E-state index contributed by atoms with van der Waals surface area (Å²) >= 11 is 13.2. The fourth-order valence-corrected chi connectivity index (χ4v) is 5.12. The summed E-state index contributed by atoms with van der Waals surface area (Å²) in [4.78, 5) is 23.5. The van der Waals surface area contributed by atoms with Crippen molar-refractivity contribution >= 4 is 45.7 Å². The maximum atomic E-state index is 12.4. The molecule has 0 saturated heterocycles. The van der Waals surface area contributed by atoms with E-state index in [4.69, 9.17) is 42.4 Å². The molecule has 0 fully saturated rings. The standard InChI is InChI=1S/C28H23Cl2N3O4/c1-5-24(34)33-8-9-37-21-10-15(2)18(12-20(21)33)28-31-14-17-11-16(6-7-19(17)32-28)25-26(29)22(35-3)13-23(36-4)27(25)30/h5-7,10-14H,1,8-9H2,2-4H3. The van der Waals surface area contributed by atoms with Crippen LogP contribution in [0.1, 0.15) is 5.56 Å². The summed E-state index contributed by atoms with van der Waals surface area (Å²) < 4.78 is 16.6. The molecule has 9 heteroatoms. The minimum absolute atomic E-state index is 0.183. The van der Waals surface area contributed by atoms with Crippen LogP contribution < -0.4 is 19.1 Å². The van der Waals surface area contributed by atoms with Crippen LogP contribution in [0, 0.1) is 6.92 Å². The predicted molar refractivity (Wildman–Crippen MR) is 146 cm³/mol. The number of benzene rings is 3. The summed E-state index contributed by atoms with van der Waals surface area (Å²) in [7, 11) is 3.07. The second-order valence-corrected chi connectivity index (χ2v) is 9.18. The molecule has 1 aliphatic heterocycles. The van der Waals surface area contributed by atoms with E-state index < -0.39 is 0 Å². The zero-order valence-electron chi connectivity index (χ0n) is 20.5. The predicted octanol–water partition coefficient (Wildman–Crippen LogP) is 6.51. The van der Waals surface area contributed by atoms with E-state index in [1.54, 1.807) is 17.2 Å². The Labute approximate surface area is 224 Å². The Kier molecular flexibility index (Phi) is 6.67. The van der Waals surface area contributed by atoms with E-state index in [9.17, 15) is 4.79 Å². The van der Waals surface area contributed by atoms with Crippen molar-refractivity contribution in [3.8, 4) is 39.8 Å². The molecule has 0 aliphatic carbocycles. The van der Waals surface area contributed by atoms with Gasteiger partial charge in [0.1, 0.15) is 23.9 Å². The molecule has 0 unspecified atom stereocenters. The molecule has 0 spiro atoms. The minimum Gasteiger partial charge on any atom is -0.495 e. The molecule has 0 N–H and O–H groups in total. The van der Waals surface area contributed by atoms with Gasteiger partial charge in [-0.25, -0.2) is 9.97 Å². The zero-order chi connectivity index (χ0) is 26.3. The van der Waals surface area contributed by atoms with Gasteiger partial charge in [-0.05, 0) is 48.4 Å². The highest BCUT2D eigenvalue weighted by Crippen LogP contribution is 2.46. The lowest BCUT2D eigenvalue weighted by atomic mass is 10.0. The van der Waals surface area contributed by atoms with Gasteiger partial charge in [-0.3, -0.25) is 4.79 Å². The van der Waals surface area contributed by atoms with Crippen molar-refractivity contribution in [1.29, 1.82) is 0 Å². The fraction of sp³-hybridized carbons (Fsp3) is 0.179. The number of carbonyl (C=O) groups is 1. The monoisotopic (exact) mass is 535 g/mol. The van der Waals surface area contributed by atoms with Crippen LogP contribution in [0.3, 0.4) is 0 Å². The molecule has 1 amide bonds. The van der Waals surface area contributed by atoms with E-state index in [1.165, 1.54) is 20.3 Å². The Hall–Kier alpha value is -3.81. The molecular formula is C28H23Cl2N3O4. The Balaban J connectivity index is 1.59. The van der Waals surface area contributed by atoms with Crippen LogP contribution in [0.2, 0.25) is 10.0 Å². The van der Waals surface area contributed by atoms with Crippen LogP contribution in [-0.2, 0) is 4.79 Å². The average molecular weight is 536 g/mol. The number of aromatic nitrogens is 2. The Morgan fingerprint density at radius 2 is 1.84 bits per heavy atom. The first-order chi connectivity index (χ1) is 17.9. The van der Waals surface area contributed by atoms with Gasteiger partial charge >= 0.3 is 0 Å². The lowest BCUT2D eigenvalue weighted by Gasteiger charge is -2.29.